The van der Waals surface area contributed by atoms with Crippen molar-refractivity contribution in [2.24, 2.45) is 7.05 Å². The van der Waals surface area contributed by atoms with Gasteiger partial charge in [0.25, 0.3) is 0 Å². The molecule has 3 nitrogen and oxygen atoms in total. The maximum atomic E-state index is 10.1. The van der Waals surface area contributed by atoms with Gasteiger partial charge in [-0.05, 0) is 44.2 Å². The van der Waals surface area contributed by atoms with E-state index >= 15 is 0 Å². The van der Waals surface area contributed by atoms with Crippen molar-refractivity contribution in [2.45, 2.75) is 39.2 Å². The molecule has 3 heteroatoms. The van der Waals surface area contributed by atoms with Crippen LogP contribution in [0.1, 0.15) is 28.7 Å². The molecule has 0 saturated heterocycles. The highest BCUT2D eigenvalue weighted by Gasteiger charge is 2.07. The van der Waals surface area contributed by atoms with E-state index in [-0.39, 0.29) is 6.10 Å². The number of aryl methyl sites for hydroxylation is 4. The van der Waals surface area contributed by atoms with Crippen LogP contribution in [0.15, 0.2) is 30.6 Å². The fraction of sp³-hybridized carbons (Fsp3) is 0.438. The predicted octanol–water partition coefficient (Wildman–Crippen LogP) is 2.57. The molecule has 0 fully saturated rings. The normalized spacial score (nSPS) is 12.6. The number of aliphatic hydroxyl groups excluding tert-OH is 1. The number of nitrogens with zero attached hydrogens (tertiary/aromatic N) is 2. The highest BCUT2D eigenvalue weighted by Crippen LogP contribution is 2.13. The summed E-state index contributed by atoms with van der Waals surface area (Å²) in [7, 11) is 1.91. The second kappa shape index (κ2) is 6.02. The Bertz CT molecular complexity index is 525. The van der Waals surface area contributed by atoms with Crippen molar-refractivity contribution in [3.8, 4) is 0 Å². The van der Waals surface area contributed by atoms with Crippen molar-refractivity contribution in [3.05, 3.63) is 52.8 Å². The van der Waals surface area contributed by atoms with Gasteiger partial charge >= 0.3 is 0 Å². The summed E-state index contributed by atoms with van der Waals surface area (Å²) in [6.07, 6.45) is 5.95. The van der Waals surface area contributed by atoms with Crippen molar-refractivity contribution < 1.29 is 5.11 Å². The molecule has 0 aliphatic carbocycles. The molecule has 0 saturated carbocycles. The van der Waals surface area contributed by atoms with Crippen LogP contribution in [0, 0.1) is 13.8 Å². The maximum Gasteiger partial charge on any atom is 0.0583 e. The summed E-state index contributed by atoms with van der Waals surface area (Å²) in [5.41, 5.74) is 4.92. The van der Waals surface area contributed by atoms with Gasteiger partial charge in [-0.2, -0.15) is 5.10 Å². The molecule has 1 heterocycles. The van der Waals surface area contributed by atoms with Crippen LogP contribution in [0.4, 0.5) is 0 Å². The van der Waals surface area contributed by atoms with Crippen LogP contribution in [-0.4, -0.2) is 21.0 Å². The SMILES string of the molecule is Cc1cc(C)cc(CC(O)CCc2cnn(C)c2)c1. The van der Waals surface area contributed by atoms with E-state index < -0.39 is 0 Å². The average molecular weight is 258 g/mol. The molecule has 0 spiro atoms. The lowest BCUT2D eigenvalue weighted by Crippen LogP contribution is -2.11. The van der Waals surface area contributed by atoms with E-state index in [9.17, 15) is 5.11 Å². The zero-order chi connectivity index (χ0) is 13.8. The minimum absolute atomic E-state index is 0.290. The number of hydrogen-bond donors (Lipinski definition) is 1. The summed E-state index contributed by atoms with van der Waals surface area (Å²) >= 11 is 0. The Morgan fingerprint density at radius 2 is 1.84 bits per heavy atom. The minimum Gasteiger partial charge on any atom is -0.393 e. The van der Waals surface area contributed by atoms with Gasteiger partial charge in [-0.15, -0.1) is 0 Å². The molecule has 1 aromatic carbocycles. The number of benzene rings is 1. The summed E-state index contributed by atoms with van der Waals surface area (Å²) in [6, 6.07) is 6.46. The molecule has 102 valence electrons. The molecule has 19 heavy (non-hydrogen) atoms. The van der Waals surface area contributed by atoms with Crippen molar-refractivity contribution in [2.75, 3.05) is 0 Å². The molecule has 0 amide bonds. The summed E-state index contributed by atoms with van der Waals surface area (Å²) < 4.78 is 1.80. The van der Waals surface area contributed by atoms with Gasteiger partial charge in [0, 0.05) is 13.2 Å². The Hall–Kier alpha value is -1.61. The van der Waals surface area contributed by atoms with E-state index in [1.165, 1.54) is 22.3 Å². The first-order valence-corrected chi connectivity index (χ1v) is 6.75. The smallest absolute Gasteiger partial charge is 0.0583 e. The second-order valence-electron chi connectivity index (χ2n) is 5.41. The van der Waals surface area contributed by atoms with E-state index in [4.69, 9.17) is 0 Å². The third-order valence-electron chi connectivity index (χ3n) is 3.28. The molecule has 2 aromatic rings. The third kappa shape index (κ3) is 4.21. The Morgan fingerprint density at radius 3 is 2.42 bits per heavy atom. The lowest BCUT2D eigenvalue weighted by Gasteiger charge is -2.11. The molecule has 0 bridgehead atoms. The van der Waals surface area contributed by atoms with E-state index in [0.29, 0.717) is 0 Å². The van der Waals surface area contributed by atoms with Crippen LogP contribution in [0.3, 0.4) is 0 Å². The van der Waals surface area contributed by atoms with E-state index in [2.05, 4.69) is 37.1 Å². The number of rotatable bonds is 5. The quantitative estimate of drug-likeness (QED) is 0.895. The molecule has 1 N–H and O–H groups in total. The molecule has 1 atom stereocenters. The topological polar surface area (TPSA) is 38.1 Å². The van der Waals surface area contributed by atoms with E-state index in [1.807, 2.05) is 19.4 Å². The minimum atomic E-state index is -0.290. The number of hydrogen-bond acceptors (Lipinski definition) is 2. The zero-order valence-electron chi connectivity index (χ0n) is 11.9. The number of aromatic nitrogens is 2. The van der Waals surface area contributed by atoms with Crippen molar-refractivity contribution in [1.29, 1.82) is 0 Å². The summed E-state index contributed by atoms with van der Waals surface area (Å²) in [4.78, 5) is 0. The van der Waals surface area contributed by atoms with Crippen LogP contribution >= 0.6 is 0 Å². The first kappa shape index (κ1) is 13.8. The van der Waals surface area contributed by atoms with Gasteiger partial charge in [-0.25, -0.2) is 0 Å². The first-order chi connectivity index (χ1) is 9.02. The first-order valence-electron chi connectivity index (χ1n) is 6.75. The molecule has 0 radical (unpaired) electrons. The molecule has 1 unspecified atom stereocenters. The third-order valence-corrected chi connectivity index (χ3v) is 3.28. The van der Waals surface area contributed by atoms with Crippen molar-refractivity contribution >= 4 is 0 Å². The Kier molecular flexibility index (Phi) is 4.38. The molecule has 1 aromatic heterocycles. The van der Waals surface area contributed by atoms with Crippen LogP contribution < -0.4 is 0 Å². The lowest BCUT2D eigenvalue weighted by molar-refractivity contribution is 0.165. The second-order valence-corrected chi connectivity index (χ2v) is 5.41. The van der Waals surface area contributed by atoms with Crippen LogP contribution in [-0.2, 0) is 19.9 Å². The average Bonchev–Trinajstić information content (AvgIpc) is 2.71. The molecular formula is C16H22N2O. The largest absolute Gasteiger partial charge is 0.393 e. The van der Waals surface area contributed by atoms with Crippen LogP contribution in [0.5, 0.6) is 0 Å². The maximum absolute atomic E-state index is 10.1. The Labute approximate surface area is 114 Å². The summed E-state index contributed by atoms with van der Waals surface area (Å²) in [5, 5.41) is 14.3. The van der Waals surface area contributed by atoms with Gasteiger partial charge in [0.05, 0.1) is 12.3 Å². The van der Waals surface area contributed by atoms with Gasteiger partial charge in [-0.1, -0.05) is 29.3 Å². The standard InChI is InChI=1S/C16H22N2O/c1-12-6-13(2)8-15(7-12)9-16(19)5-4-14-10-17-18(3)11-14/h6-8,10-11,16,19H,4-5,9H2,1-3H3. The van der Waals surface area contributed by atoms with E-state index in [1.54, 1.807) is 4.68 Å². The molecule has 0 aliphatic rings. The van der Waals surface area contributed by atoms with Gasteiger partial charge in [0.1, 0.15) is 0 Å². The fourth-order valence-electron chi connectivity index (χ4n) is 2.50. The lowest BCUT2D eigenvalue weighted by atomic mass is 9.99. The summed E-state index contributed by atoms with van der Waals surface area (Å²) in [5.74, 6) is 0. The molecular weight excluding hydrogens is 236 g/mol. The molecule has 0 aliphatic heterocycles. The highest BCUT2D eigenvalue weighted by molar-refractivity contribution is 5.28. The highest BCUT2D eigenvalue weighted by atomic mass is 16.3. The van der Waals surface area contributed by atoms with Gasteiger partial charge in [-0.3, -0.25) is 4.68 Å². The van der Waals surface area contributed by atoms with E-state index in [0.717, 1.165) is 19.3 Å². The zero-order valence-corrected chi connectivity index (χ0v) is 11.9. The number of aliphatic hydroxyl groups is 1. The predicted molar refractivity (Wildman–Crippen MR) is 77.2 cm³/mol. The Morgan fingerprint density at radius 1 is 1.16 bits per heavy atom. The van der Waals surface area contributed by atoms with Gasteiger partial charge in [0.2, 0.25) is 0 Å². The van der Waals surface area contributed by atoms with Crippen LogP contribution in [0.25, 0.3) is 0 Å². The van der Waals surface area contributed by atoms with Crippen molar-refractivity contribution in [3.63, 3.8) is 0 Å². The summed E-state index contributed by atoms with van der Waals surface area (Å²) in [6.45, 7) is 4.19. The monoisotopic (exact) mass is 258 g/mol. The van der Waals surface area contributed by atoms with Gasteiger partial charge < -0.3 is 5.11 Å². The fourth-order valence-corrected chi connectivity index (χ4v) is 2.50. The molecule has 2 rings (SSSR count). The van der Waals surface area contributed by atoms with Crippen molar-refractivity contribution in [1.82, 2.24) is 9.78 Å². The van der Waals surface area contributed by atoms with Gasteiger partial charge in [0.15, 0.2) is 0 Å². The van der Waals surface area contributed by atoms with Crippen LogP contribution in [0.2, 0.25) is 0 Å². The Balaban J connectivity index is 1.88.